The van der Waals surface area contributed by atoms with Crippen molar-refractivity contribution in [2.24, 2.45) is 5.92 Å². The highest BCUT2D eigenvalue weighted by atomic mass is 32.2. The Bertz CT molecular complexity index is 1300. The van der Waals surface area contributed by atoms with Crippen LogP contribution in [-0.4, -0.2) is 72.6 Å². The molecule has 11 heteroatoms. The van der Waals surface area contributed by atoms with Crippen LogP contribution in [0, 0.1) is 5.92 Å². The van der Waals surface area contributed by atoms with Crippen LogP contribution in [-0.2, 0) is 37.2 Å². The zero-order valence-corrected chi connectivity index (χ0v) is 23.4. The molecule has 40 heavy (non-hydrogen) atoms. The van der Waals surface area contributed by atoms with E-state index in [-0.39, 0.29) is 30.6 Å². The van der Waals surface area contributed by atoms with Crippen molar-refractivity contribution >= 4 is 27.7 Å². The van der Waals surface area contributed by atoms with E-state index in [1.807, 2.05) is 0 Å². The lowest BCUT2D eigenvalue weighted by molar-refractivity contribution is -0.143. The summed E-state index contributed by atoms with van der Waals surface area (Å²) in [6.45, 7) is 1.41. The van der Waals surface area contributed by atoms with E-state index >= 15 is 0 Å². The minimum atomic E-state index is -3.85. The zero-order valence-electron chi connectivity index (χ0n) is 22.6. The number of pyridine rings is 1. The number of hydrogen-bond acceptors (Lipinski definition) is 7. The summed E-state index contributed by atoms with van der Waals surface area (Å²) < 4.78 is 33.2. The molecule has 5 rings (SSSR count). The Balaban J connectivity index is 1.04. The SMILES string of the molecule is O=C(N[C@@H](CCO[C@H]1C[C@H](CCc2ccc3c(n2)NCCC3)C1)C(=O)O)C1CCCN1S(=O)(=O)c1ccccc1. The Hall–Kier alpha value is -3.02. The van der Waals surface area contributed by atoms with Crippen molar-refractivity contribution in [2.75, 3.05) is 25.0 Å². The van der Waals surface area contributed by atoms with Gasteiger partial charge in [0.2, 0.25) is 15.9 Å². The fourth-order valence-electron chi connectivity index (χ4n) is 5.80. The molecule has 3 heterocycles. The number of benzene rings is 1. The number of carbonyl (C=O) groups excluding carboxylic acids is 1. The van der Waals surface area contributed by atoms with E-state index in [0.717, 1.165) is 56.6 Å². The first kappa shape index (κ1) is 28.5. The van der Waals surface area contributed by atoms with Gasteiger partial charge in [0, 0.05) is 31.8 Å². The number of amides is 1. The second-order valence-electron chi connectivity index (χ2n) is 11.0. The standard InChI is InChI=1S/C29H38N4O6S/c34-28(26-9-5-16-33(26)40(37,38)24-7-2-1-3-8-24)32-25(29(35)36)14-17-39-23-18-20(19-23)10-12-22-13-11-21-6-4-15-30-27(21)31-22/h1-3,7-8,11,13,20,23,25-26H,4-6,9-10,12,14-19H2,(H,30,31)(H,32,34)(H,35,36)/t20-,23-,25-,26?/m0/s1. The highest BCUT2D eigenvalue weighted by Gasteiger charge is 2.40. The number of hydrogen-bond donors (Lipinski definition) is 3. The van der Waals surface area contributed by atoms with E-state index in [9.17, 15) is 23.1 Å². The van der Waals surface area contributed by atoms with Gasteiger partial charge in [0.05, 0.1) is 11.0 Å². The molecular formula is C29H38N4O6S. The van der Waals surface area contributed by atoms with Crippen LogP contribution in [0.25, 0.3) is 0 Å². The summed E-state index contributed by atoms with van der Waals surface area (Å²) in [7, 11) is -3.85. The van der Waals surface area contributed by atoms with Gasteiger partial charge < -0.3 is 20.5 Å². The minimum absolute atomic E-state index is 0.0923. The number of carboxylic acids is 1. The molecule has 1 aromatic heterocycles. The van der Waals surface area contributed by atoms with Crippen LogP contribution in [0.4, 0.5) is 5.82 Å². The lowest BCUT2D eigenvalue weighted by Gasteiger charge is -2.35. The first-order valence-electron chi connectivity index (χ1n) is 14.3. The molecule has 2 aromatic rings. The van der Waals surface area contributed by atoms with E-state index < -0.39 is 34.0 Å². The third-order valence-electron chi connectivity index (χ3n) is 8.18. The van der Waals surface area contributed by atoms with Crippen molar-refractivity contribution in [3.63, 3.8) is 0 Å². The molecular weight excluding hydrogens is 532 g/mol. The van der Waals surface area contributed by atoms with Gasteiger partial charge in [-0.1, -0.05) is 24.3 Å². The van der Waals surface area contributed by atoms with E-state index in [1.165, 1.54) is 22.0 Å². The minimum Gasteiger partial charge on any atom is -0.480 e. The number of aliphatic carboxylic acids is 1. The summed E-state index contributed by atoms with van der Waals surface area (Å²) in [5.74, 6) is -0.159. The smallest absolute Gasteiger partial charge is 0.326 e. The summed E-state index contributed by atoms with van der Waals surface area (Å²) in [6, 6.07) is 10.2. The maximum absolute atomic E-state index is 13.1. The highest BCUT2D eigenvalue weighted by molar-refractivity contribution is 7.89. The normalized spacial score (nSPS) is 23.4. The number of carbonyl (C=O) groups is 2. The maximum Gasteiger partial charge on any atom is 0.326 e. The molecule has 0 spiro atoms. The van der Waals surface area contributed by atoms with E-state index in [0.29, 0.717) is 18.8 Å². The first-order chi connectivity index (χ1) is 19.3. The lowest BCUT2D eigenvalue weighted by Crippen LogP contribution is -2.51. The second-order valence-corrected chi connectivity index (χ2v) is 12.9. The fraction of sp³-hybridized carbons (Fsp3) is 0.552. The van der Waals surface area contributed by atoms with Gasteiger partial charge in [0.1, 0.15) is 17.9 Å². The van der Waals surface area contributed by atoms with Gasteiger partial charge in [0.25, 0.3) is 0 Å². The number of nitrogens with one attached hydrogen (secondary N) is 2. The first-order valence-corrected chi connectivity index (χ1v) is 15.7. The summed E-state index contributed by atoms with van der Waals surface area (Å²) >= 11 is 0. The largest absolute Gasteiger partial charge is 0.480 e. The number of aromatic nitrogens is 1. The van der Waals surface area contributed by atoms with Crippen LogP contribution >= 0.6 is 0 Å². The Labute approximate surface area is 235 Å². The van der Waals surface area contributed by atoms with Crippen molar-refractivity contribution in [2.45, 2.75) is 80.9 Å². The molecule has 1 unspecified atom stereocenters. The summed E-state index contributed by atoms with van der Waals surface area (Å²) in [6.07, 6.45) is 7.16. The Morgan fingerprint density at radius 2 is 1.95 bits per heavy atom. The predicted octanol–water partition coefficient (Wildman–Crippen LogP) is 2.98. The average Bonchev–Trinajstić information content (AvgIpc) is 3.45. The molecule has 0 radical (unpaired) electrons. The Morgan fingerprint density at radius 3 is 2.73 bits per heavy atom. The van der Waals surface area contributed by atoms with Crippen molar-refractivity contribution in [3.8, 4) is 0 Å². The molecule has 3 aliphatic rings. The topological polar surface area (TPSA) is 138 Å². The third kappa shape index (κ3) is 6.64. The van der Waals surface area contributed by atoms with Crippen molar-refractivity contribution in [3.05, 3.63) is 53.7 Å². The quantitative estimate of drug-likeness (QED) is 0.354. The van der Waals surface area contributed by atoms with Gasteiger partial charge in [-0.2, -0.15) is 4.31 Å². The maximum atomic E-state index is 13.1. The zero-order chi connectivity index (χ0) is 28.1. The molecule has 10 nitrogen and oxygen atoms in total. The number of nitrogens with zero attached hydrogens (tertiary/aromatic N) is 2. The number of rotatable bonds is 12. The van der Waals surface area contributed by atoms with Crippen LogP contribution in [0.2, 0.25) is 0 Å². The van der Waals surface area contributed by atoms with Crippen LogP contribution in [0.15, 0.2) is 47.4 Å². The Morgan fingerprint density at radius 1 is 1.15 bits per heavy atom. The van der Waals surface area contributed by atoms with Crippen molar-refractivity contribution in [1.29, 1.82) is 0 Å². The van der Waals surface area contributed by atoms with Crippen molar-refractivity contribution < 1.29 is 27.9 Å². The van der Waals surface area contributed by atoms with Crippen molar-refractivity contribution in [1.82, 2.24) is 14.6 Å². The van der Waals surface area contributed by atoms with Gasteiger partial charge in [-0.25, -0.2) is 18.2 Å². The second kappa shape index (κ2) is 12.7. The van der Waals surface area contributed by atoms with E-state index in [2.05, 4.69) is 22.8 Å². The number of aryl methyl sites for hydroxylation is 2. The molecule has 3 N–H and O–H groups in total. The van der Waals surface area contributed by atoms with Gasteiger partial charge in [-0.3, -0.25) is 4.79 Å². The summed E-state index contributed by atoms with van der Waals surface area (Å²) in [5.41, 5.74) is 2.40. The van der Waals surface area contributed by atoms with Gasteiger partial charge in [-0.05, 0) is 81.0 Å². The van der Waals surface area contributed by atoms with Crippen LogP contribution in [0.3, 0.4) is 0 Å². The summed E-state index contributed by atoms with van der Waals surface area (Å²) in [5, 5.41) is 15.6. The fourth-order valence-corrected chi connectivity index (χ4v) is 7.48. The van der Waals surface area contributed by atoms with Crippen LogP contribution in [0.5, 0.6) is 0 Å². The molecule has 1 aromatic carbocycles. The van der Waals surface area contributed by atoms with Gasteiger partial charge in [0.15, 0.2) is 0 Å². The molecule has 1 aliphatic carbocycles. The van der Waals surface area contributed by atoms with E-state index in [1.54, 1.807) is 18.2 Å². The predicted molar refractivity (Wildman–Crippen MR) is 149 cm³/mol. The molecule has 2 atom stereocenters. The van der Waals surface area contributed by atoms with E-state index in [4.69, 9.17) is 9.72 Å². The number of sulfonamides is 1. The molecule has 1 amide bonds. The molecule has 216 valence electrons. The molecule has 1 saturated carbocycles. The number of ether oxygens (including phenoxy) is 1. The third-order valence-corrected chi connectivity index (χ3v) is 10.1. The number of carboxylic acid groups (broad SMARTS) is 1. The van der Waals surface area contributed by atoms with Crippen LogP contribution < -0.4 is 10.6 Å². The molecule has 2 fully saturated rings. The Kier molecular flexibility index (Phi) is 9.02. The number of anilines is 1. The monoisotopic (exact) mass is 570 g/mol. The molecule has 1 saturated heterocycles. The van der Waals surface area contributed by atoms with Gasteiger partial charge >= 0.3 is 5.97 Å². The molecule has 0 bridgehead atoms. The highest BCUT2D eigenvalue weighted by Crippen LogP contribution is 2.34. The number of fused-ring (bicyclic) bond motifs is 1. The van der Waals surface area contributed by atoms with Crippen LogP contribution in [0.1, 0.15) is 56.2 Å². The summed E-state index contributed by atoms with van der Waals surface area (Å²) in [4.78, 5) is 29.7. The average molecular weight is 571 g/mol. The lowest BCUT2D eigenvalue weighted by atomic mass is 9.79. The molecule has 2 aliphatic heterocycles. The van der Waals surface area contributed by atoms with Gasteiger partial charge in [-0.15, -0.1) is 0 Å².